The Kier molecular flexibility index (Phi) is 2.89. The fourth-order valence-electron chi connectivity index (χ4n) is 1.91. The van der Waals surface area contributed by atoms with Gasteiger partial charge in [0.1, 0.15) is 5.60 Å². The summed E-state index contributed by atoms with van der Waals surface area (Å²) in [6.45, 7) is 1.95. The maximum Gasteiger partial charge on any atom is 0.170 e. The molecule has 0 bridgehead atoms. The Morgan fingerprint density at radius 1 is 1.67 bits per heavy atom. The first-order chi connectivity index (χ1) is 7.16. The van der Waals surface area contributed by atoms with Gasteiger partial charge in [0, 0.05) is 12.5 Å². The second-order valence-electron chi connectivity index (χ2n) is 4.01. The van der Waals surface area contributed by atoms with Crippen molar-refractivity contribution in [3.8, 4) is 0 Å². The van der Waals surface area contributed by atoms with E-state index in [0.717, 1.165) is 30.0 Å². The van der Waals surface area contributed by atoms with E-state index >= 15 is 0 Å². The van der Waals surface area contributed by atoms with E-state index < -0.39 is 5.60 Å². The van der Waals surface area contributed by atoms with Crippen LogP contribution in [0.25, 0.3) is 0 Å². The van der Waals surface area contributed by atoms with Crippen molar-refractivity contribution in [3.63, 3.8) is 0 Å². The number of rotatable bonds is 4. The average molecular weight is 225 g/mol. The Morgan fingerprint density at radius 3 is 2.80 bits per heavy atom. The van der Waals surface area contributed by atoms with E-state index in [4.69, 9.17) is 4.74 Å². The number of aryl methyl sites for hydroxylation is 1. The fraction of sp³-hybridized carbons (Fsp3) is 0.636. The lowest BCUT2D eigenvalue weighted by atomic mass is 9.75. The van der Waals surface area contributed by atoms with Crippen molar-refractivity contribution in [1.29, 1.82) is 0 Å². The molecule has 1 aromatic rings. The number of Topliss-reactive ketones (excluding diaryl/α,β-unsaturated/α-hetero) is 1. The molecule has 0 atom stereocenters. The number of hydrogen-bond acceptors (Lipinski definition) is 4. The van der Waals surface area contributed by atoms with Gasteiger partial charge in [0.2, 0.25) is 0 Å². The molecule has 1 aliphatic rings. The molecule has 0 aromatic carbocycles. The number of aromatic nitrogens is 1. The van der Waals surface area contributed by atoms with Gasteiger partial charge in [0.15, 0.2) is 5.78 Å². The summed E-state index contributed by atoms with van der Waals surface area (Å²) in [5.74, 6) is 0.182. The van der Waals surface area contributed by atoms with Gasteiger partial charge in [-0.25, -0.2) is 4.98 Å². The van der Waals surface area contributed by atoms with Gasteiger partial charge in [-0.3, -0.25) is 4.79 Å². The molecular weight excluding hydrogens is 210 g/mol. The molecule has 0 spiro atoms. The molecule has 0 aliphatic heterocycles. The Bertz CT molecular complexity index is 363. The number of thiazole rings is 1. The van der Waals surface area contributed by atoms with Crippen LogP contribution < -0.4 is 0 Å². The van der Waals surface area contributed by atoms with Crippen molar-refractivity contribution in [2.75, 3.05) is 7.11 Å². The first-order valence-corrected chi connectivity index (χ1v) is 6.04. The molecule has 0 unspecified atom stereocenters. The summed E-state index contributed by atoms with van der Waals surface area (Å²) in [7, 11) is 1.63. The molecule has 1 aromatic heterocycles. The van der Waals surface area contributed by atoms with Crippen LogP contribution in [0.5, 0.6) is 0 Å². The van der Waals surface area contributed by atoms with E-state index in [-0.39, 0.29) is 5.78 Å². The summed E-state index contributed by atoms with van der Waals surface area (Å²) in [6, 6.07) is 0. The van der Waals surface area contributed by atoms with Gasteiger partial charge in [-0.05, 0) is 26.2 Å². The molecule has 0 saturated heterocycles. The van der Waals surface area contributed by atoms with Crippen LogP contribution >= 0.6 is 11.3 Å². The third kappa shape index (κ3) is 1.96. The minimum atomic E-state index is -0.489. The van der Waals surface area contributed by atoms with Crippen molar-refractivity contribution in [2.24, 2.45) is 0 Å². The summed E-state index contributed by atoms with van der Waals surface area (Å²) >= 11 is 1.59. The van der Waals surface area contributed by atoms with Crippen LogP contribution in [0.4, 0.5) is 0 Å². The molecule has 1 fully saturated rings. The molecule has 4 heteroatoms. The van der Waals surface area contributed by atoms with E-state index in [1.807, 2.05) is 12.3 Å². The van der Waals surface area contributed by atoms with Gasteiger partial charge in [0.05, 0.1) is 17.1 Å². The van der Waals surface area contributed by atoms with Crippen molar-refractivity contribution in [1.82, 2.24) is 4.98 Å². The summed E-state index contributed by atoms with van der Waals surface area (Å²) in [5.41, 5.74) is 0.392. The second kappa shape index (κ2) is 4.02. The van der Waals surface area contributed by atoms with Gasteiger partial charge in [0.25, 0.3) is 0 Å². The number of nitrogens with zero attached hydrogens (tertiary/aromatic N) is 1. The molecule has 2 rings (SSSR count). The lowest BCUT2D eigenvalue weighted by Crippen LogP contribution is -2.47. The van der Waals surface area contributed by atoms with Crippen LogP contribution in [0.1, 0.15) is 30.0 Å². The molecule has 15 heavy (non-hydrogen) atoms. The lowest BCUT2D eigenvalue weighted by Gasteiger charge is -2.38. The number of methoxy groups -OCH3 is 1. The normalized spacial score (nSPS) is 18.5. The fourth-order valence-corrected chi connectivity index (χ4v) is 2.52. The largest absolute Gasteiger partial charge is 0.370 e. The minimum absolute atomic E-state index is 0.182. The van der Waals surface area contributed by atoms with Crippen LogP contribution in [0.2, 0.25) is 0 Å². The Hall–Kier alpha value is -0.740. The van der Waals surface area contributed by atoms with Gasteiger partial charge in [-0.1, -0.05) is 0 Å². The van der Waals surface area contributed by atoms with E-state index in [1.165, 1.54) is 0 Å². The van der Waals surface area contributed by atoms with E-state index in [0.29, 0.717) is 6.42 Å². The summed E-state index contributed by atoms with van der Waals surface area (Å²) in [4.78, 5) is 16.3. The first kappa shape index (κ1) is 10.8. The van der Waals surface area contributed by atoms with Gasteiger partial charge in [-0.2, -0.15) is 0 Å². The third-order valence-electron chi connectivity index (χ3n) is 3.07. The molecule has 0 N–H and O–H groups in total. The highest BCUT2D eigenvalue weighted by Gasteiger charge is 2.43. The van der Waals surface area contributed by atoms with Crippen molar-refractivity contribution in [2.45, 2.75) is 38.2 Å². The van der Waals surface area contributed by atoms with Crippen LogP contribution in [0.15, 0.2) is 5.38 Å². The highest BCUT2D eigenvalue weighted by atomic mass is 32.1. The molecular formula is C11H15NO2S. The number of carbonyl (C=O) groups excluding carboxylic acids is 1. The van der Waals surface area contributed by atoms with E-state index in [9.17, 15) is 4.79 Å². The zero-order valence-electron chi connectivity index (χ0n) is 9.08. The standard InChI is InChI=1S/C11H15NO2S/c1-8-12-9(7-15-8)6-10(13)11(14-2)4-3-5-11/h7H,3-6H2,1-2H3. The van der Waals surface area contributed by atoms with Crippen LogP contribution in [-0.4, -0.2) is 23.5 Å². The maximum absolute atomic E-state index is 12.0. The molecule has 0 radical (unpaired) electrons. The van der Waals surface area contributed by atoms with Crippen LogP contribution in [-0.2, 0) is 16.0 Å². The lowest BCUT2D eigenvalue weighted by molar-refractivity contribution is -0.151. The van der Waals surface area contributed by atoms with Gasteiger partial charge >= 0.3 is 0 Å². The zero-order chi connectivity index (χ0) is 10.9. The molecule has 1 aliphatic carbocycles. The molecule has 3 nitrogen and oxygen atoms in total. The van der Waals surface area contributed by atoms with E-state index in [2.05, 4.69) is 4.98 Å². The average Bonchev–Trinajstić information content (AvgIpc) is 2.50. The molecule has 0 amide bonds. The first-order valence-electron chi connectivity index (χ1n) is 5.16. The second-order valence-corrected chi connectivity index (χ2v) is 5.07. The summed E-state index contributed by atoms with van der Waals surface area (Å²) in [5, 5.41) is 2.97. The molecule has 1 saturated carbocycles. The van der Waals surface area contributed by atoms with E-state index in [1.54, 1.807) is 18.4 Å². The van der Waals surface area contributed by atoms with Gasteiger partial charge in [-0.15, -0.1) is 11.3 Å². The summed E-state index contributed by atoms with van der Waals surface area (Å²) < 4.78 is 5.34. The topological polar surface area (TPSA) is 39.2 Å². The van der Waals surface area contributed by atoms with Gasteiger partial charge < -0.3 is 4.74 Å². The minimum Gasteiger partial charge on any atom is -0.370 e. The molecule has 82 valence electrons. The van der Waals surface area contributed by atoms with Crippen molar-refractivity contribution < 1.29 is 9.53 Å². The zero-order valence-corrected chi connectivity index (χ0v) is 9.89. The predicted octanol–water partition coefficient (Wildman–Crippen LogP) is 2.13. The van der Waals surface area contributed by atoms with Crippen molar-refractivity contribution in [3.05, 3.63) is 16.1 Å². The number of ether oxygens (including phenoxy) is 1. The quantitative estimate of drug-likeness (QED) is 0.788. The van der Waals surface area contributed by atoms with Crippen molar-refractivity contribution >= 4 is 17.1 Å². The third-order valence-corrected chi connectivity index (χ3v) is 3.89. The number of hydrogen-bond donors (Lipinski definition) is 0. The highest BCUT2D eigenvalue weighted by molar-refractivity contribution is 7.09. The Balaban J connectivity index is 2.03. The smallest absolute Gasteiger partial charge is 0.170 e. The number of ketones is 1. The Morgan fingerprint density at radius 2 is 2.40 bits per heavy atom. The number of carbonyl (C=O) groups is 1. The Labute approximate surface area is 93.5 Å². The van der Waals surface area contributed by atoms with Crippen LogP contribution in [0, 0.1) is 6.92 Å². The molecule has 1 heterocycles. The monoisotopic (exact) mass is 225 g/mol. The van der Waals surface area contributed by atoms with Crippen LogP contribution in [0.3, 0.4) is 0 Å². The predicted molar refractivity (Wildman–Crippen MR) is 59.2 cm³/mol. The highest BCUT2D eigenvalue weighted by Crippen LogP contribution is 2.36. The SMILES string of the molecule is COC1(C(=O)Cc2csc(C)n2)CCC1. The summed E-state index contributed by atoms with van der Waals surface area (Å²) in [6.07, 6.45) is 3.24. The maximum atomic E-state index is 12.0.